The van der Waals surface area contributed by atoms with Crippen LogP contribution in [-0.2, 0) is 13.6 Å². The van der Waals surface area contributed by atoms with Crippen LogP contribution in [0, 0.1) is 0 Å². The van der Waals surface area contributed by atoms with Crippen LogP contribution in [0.25, 0.3) is 0 Å². The summed E-state index contributed by atoms with van der Waals surface area (Å²) in [5.74, 6) is 0. The maximum atomic E-state index is 11.7. The molecule has 0 aliphatic rings. The molecule has 0 bridgehead atoms. The first-order chi connectivity index (χ1) is 8.32. The van der Waals surface area contributed by atoms with Crippen molar-refractivity contribution in [2.75, 3.05) is 13.6 Å². The number of carbonyl (C=O) groups excluding carboxylic acids is 1. The molecule has 0 saturated carbocycles. The molecule has 2 N–H and O–H groups in total. The summed E-state index contributed by atoms with van der Waals surface area (Å²) < 4.78 is 1.71. The minimum absolute atomic E-state index is 0.260. The lowest BCUT2D eigenvalue weighted by Gasteiger charge is -2.19. The van der Waals surface area contributed by atoms with E-state index in [0.717, 1.165) is 5.69 Å². The third-order valence-electron chi connectivity index (χ3n) is 2.52. The number of aliphatic hydroxyl groups excluding tert-OH is 1. The van der Waals surface area contributed by atoms with Crippen molar-refractivity contribution in [1.29, 1.82) is 0 Å². The lowest BCUT2D eigenvalue weighted by Crippen LogP contribution is -2.40. The van der Waals surface area contributed by atoms with Crippen LogP contribution in [0.2, 0.25) is 10.2 Å². The van der Waals surface area contributed by atoms with Crippen LogP contribution in [-0.4, -0.2) is 40.3 Å². The van der Waals surface area contributed by atoms with E-state index in [9.17, 15) is 9.90 Å². The van der Waals surface area contributed by atoms with Crippen molar-refractivity contribution in [3.63, 3.8) is 0 Å². The van der Waals surface area contributed by atoms with Crippen molar-refractivity contribution in [3.8, 4) is 0 Å². The van der Waals surface area contributed by atoms with Crippen molar-refractivity contribution >= 4 is 29.2 Å². The molecular weight excluding hydrogens is 277 g/mol. The number of halogens is 2. The second-order valence-electron chi connectivity index (χ2n) is 4.22. The van der Waals surface area contributed by atoms with Crippen LogP contribution in [0.4, 0.5) is 4.79 Å². The summed E-state index contributed by atoms with van der Waals surface area (Å²) >= 11 is 11.8. The third kappa shape index (κ3) is 3.80. The number of amides is 2. The standard InChI is InChI=1S/C11H17Cl2N3O2/c1-7(17)6-15(2)11(18)14-5-8-4-9(12)10(13)16(8)3/h4,7,17H,5-6H2,1-3H3,(H,14,18). The second-order valence-corrected chi connectivity index (χ2v) is 4.99. The number of urea groups is 1. The number of likely N-dealkylation sites (N-methyl/N-ethyl adjacent to an activating group) is 1. The van der Waals surface area contributed by atoms with Gasteiger partial charge in [-0.2, -0.15) is 0 Å². The molecule has 0 aliphatic carbocycles. The van der Waals surface area contributed by atoms with E-state index in [2.05, 4.69) is 5.32 Å². The molecule has 1 aromatic rings. The normalized spacial score (nSPS) is 12.3. The molecule has 0 spiro atoms. The molecule has 1 unspecified atom stereocenters. The predicted octanol–water partition coefficient (Wildman–Crippen LogP) is 1.85. The van der Waals surface area contributed by atoms with Crippen molar-refractivity contribution in [2.24, 2.45) is 7.05 Å². The molecule has 7 heteroatoms. The summed E-state index contributed by atoms with van der Waals surface area (Å²) in [6.45, 7) is 2.23. The van der Waals surface area contributed by atoms with Gasteiger partial charge in [-0.15, -0.1) is 0 Å². The van der Waals surface area contributed by atoms with Gasteiger partial charge in [-0.05, 0) is 13.0 Å². The van der Waals surface area contributed by atoms with E-state index in [1.54, 1.807) is 31.7 Å². The van der Waals surface area contributed by atoms with Crippen LogP contribution in [0.15, 0.2) is 6.07 Å². The van der Waals surface area contributed by atoms with Gasteiger partial charge in [0.05, 0.1) is 17.7 Å². The maximum absolute atomic E-state index is 11.7. The number of hydrogen-bond donors (Lipinski definition) is 2. The largest absolute Gasteiger partial charge is 0.392 e. The zero-order valence-electron chi connectivity index (χ0n) is 10.6. The number of nitrogens with zero attached hydrogens (tertiary/aromatic N) is 2. The number of aliphatic hydroxyl groups is 1. The van der Waals surface area contributed by atoms with Crippen LogP contribution in [0.1, 0.15) is 12.6 Å². The average Bonchev–Trinajstić information content (AvgIpc) is 2.52. The average molecular weight is 294 g/mol. The minimum Gasteiger partial charge on any atom is -0.392 e. The Morgan fingerprint density at radius 1 is 1.61 bits per heavy atom. The second kappa shape index (κ2) is 6.31. The van der Waals surface area contributed by atoms with Gasteiger partial charge >= 0.3 is 6.03 Å². The Hall–Kier alpha value is -0.910. The van der Waals surface area contributed by atoms with Gasteiger partial charge in [0.15, 0.2) is 0 Å². The highest BCUT2D eigenvalue weighted by atomic mass is 35.5. The molecule has 102 valence electrons. The van der Waals surface area contributed by atoms with Crippen molar-refractivity contribution in [3.05, 3.63) is 21.9 Å². The van der Waals surface area contributed by atoms with Crippen LogP contribution in [0.3, 0.4) is 0 Å². The first-order valence-electron chi connectivity index (χ1n) is 5.49. The van der Waals surface area contributed by atoms with Gasteiger partial charge in [-0.3, -0.25) is 0 Å². The van der Waals surface area contributed by atoms with Gasteiger partial charge in [0.1, 0.15) is 5.15 Å². The van der Waals surface area contributed by atoms with Crippen LogP contribution >= 0.6 is 23.2 Å². The number of aromatic nitrogens is 1. The molecule has 1 heterocycles. The smallest absolute Gasteiger partial charge is 0.317 e. The Morgan fingerprint density at radius 2 is 2.22 bits per heavy atom. The highest BCUT2D eigenvalue weighted by Gasteiger charge is 2.13. The van der Waals surface area contributed by atoms with E-state index in [0.29, 0.717) is 16.7 Å². The summed E-state index contributed by atoms with van der Waals surface area (Å²) in [5, 5.41) is 12.8. The van der Waals surface area contributed by atoms with E-state index in [1.165, 1.54) is 4.90 Å². The SMILES string of the molecule is CC(O)CN(C)C(=O)NCc1cc(Cl)c(Cl)n1C. The van der Waals surface area contributed by atoms with Gasteiger partial charge < -0.3 is 19.9 Å². The topological polar surface area (TPSA) is 57.5 Å². The lowest BCUT2D eigenvalue weighted by atomic mass is 10.4. The first kappa shape index (κ1) is 15.1. The van der Waals surface area contributed by atoms with Crippen molar-refractivity contribution in [2.45, 2.75) is 19.6 Å². The lowest BCUT2D eigenvalue weighted by molar-refractivity contribution is 0.143. The quantitative estimate of drug-likeness (QED) is 0.890. The zero-order chi connectivity index (χ0) is 13.9. The van der Waals surface area contributed by atoms with Gasteiger partial charge in [0.25, 0.3) is 0 Å². The summed E-state index contributed by atoms with van der Waals surface area (Å²) in [5.41, 5.74) is 0.809. The minimum atomic E-state index is -0.556. The molecule has 2 amide bonds. The Bertz CT molecular complexity index is 432. The van der Waals surface area contributed by atoms with E-state index in [-0.39, 0.29) is 12.6 Å². The van der Waals surface area contributed by atoms with E-state index < -0.39 is 6.10 Å². The number of hydrogen-bond acceptors (Lipinski definition) is 2. The predicted molar refractivity (Wildman–Crippen MR) is 72.0 cm³/mol. The molecule has 0 aliphatic heterocycles. The fourth-order valence-corrected chi connectivity index (χ4v) is 1.95. The van der Waals surface area contributed by atoms with Crippen LogP contribution < -0.4 is 5.32 Å². The maximum Gasteiger partial charge on any atom is 0.317 e. The van der Waals surface area contributed by atoms with Crippen LogP contribution in [0.5, 0.6) is 0 Å². The molecule has 0 aromatic carbocycles. The summed E-state index contributed by atoms with van der Waals surface area (Å²) in [6, 6.07) is 1.45. The van der Waals surface area contributed by atoms with Gasteiger partial charge in [-0.25, -0.2) is 4.79 Å². The van der Waals surface area contributed by atoms with Gasteiger partial charge in [0, 0.05) is 26.3 Å². The molecule has 18 heavy (non-hydrogen) atoms. The molecule has 0 saturated heterocycles. The number of nitrogens with one attached hydrogen (secondary N) is 1. The number of rotatable bonds is 4. The summed E-state index contributed by atoms with van der Waals surface area (Å²) in [7, 11) is 3.39. The Labute approximate surface area is 116 Å². The third-order valence-corrected chi connectivity index (χ3v) is 3.36. The van der Waals surface area contributed by atoms with Crippen molar-refractivity contribution in [1.82, 2.24) is 14.8 Å². The Morgan fingerprint density at radius 3 is 2.67 bits per heavy atom. The monoisotopic (exact) mass is 293 g/mol. The summed E-state index contributed by atoms with van der Waals surface area (Å²) in [4.78, 5) is 13.1. The molecule has 5 nitrogen and oxygen atoms in total. The highest BCUT2D eigenvalue weighted by Crippen LogP contribution is 2.24. The molecule has 0 fully saturated rings. The molecular formula is C11H17Cl2N3O2. The molecule has 1 aromatic heterocycles. The molecule has 1 atom stereocenters. The Kier molecular flexibility index (Phi) is 5.31. The van der Waals surface area contributed by atoms with Crippen molar-refractivity contribution < 1.29 is 9.90 Å². The Balaban J connectivity index is 2.55. The fraction of sp³-hybridized carbons (Fsp3) is 0.545. The van der Waals surface area contributed by atoms with E-state index >= 15 is 0 Å². The fourth-order valence-electron chi connectivity index (χ4n) is 1.54. The van der Waals surface area contributed by atoms with Gasteiger partial charge in [0.2, 0.25) is 0 Å². The van der Waals surface area contributed by atoms with E-state index in [1.807, 2.05) is 0 Å². The highest BCUT2D eigenvalue weighted by molar-refractivity contribution is 6.41. The van der Waals surface area contributed by atoms with Gasteiger partial charge in [-0.1, -0.05) is 23.2 Å². The number of carbonyl (C=O) groups is 1. The summed E-state index contributed by atoms with van der Waals surface area (Å²) in [6.07, 6.45) is -0.556. The van der Waals surface area contributed by atoms with E-state index in [4.69, 9.17) is 23.2 Å². The molecule has 1 rings (SSSR count). The first-order valence-corrected chi connectivity index (χ1v) is 6.25. The molecule has 0 radical (unpaired) electrons. The zero-order valence-corrected chi connectivity index (χ0v) is 12.1.